The molecule has 12 heteroatoms. The quantitative estimate of drug-likeness (QED) is 0.212. The SMILES string of the molecule is CCOC(=O)c1cc(C(F)(F)F)cc(C2=C(c3cc(C(F)(F)F)ccc3OCc3ccc(F)c(F)c3)CCC2)n1. The maximum atomic E-state index is 13.7. The summed E-state index contributed by atoms with van der Waals surface area (Å²) < 4.78 is 119. The van der Waals surface area contributed by atoms with E-state index < -0.39 is 46.8 Å². The molecule has 2 aromatic carbocycles. The Morgan fingerprint density at radius 2 is 1.55 bits per heavy atom. The van der Waals surface area contributed by atoms with Crippen molar-refractivity contribution in [3.8, 4) is 5.75 Å². The third-order valence-corrected chi connectivity index (χ3v) is 6.17. The second kappa shape index (κ2) is 11.3. The lowest BCUT2D eigenvalue weighted by molar-refractivity contribution is -0.138. The Morgan fingerprint density at radius 3 is 2.20 bits per heavy atom. The van der Waals surface area contributed by atoms with Crippen LogP contribution in [0, 0.1) is 11.6 Å². The molecule has 3 aromatic rings. The molecule has 0 fully saturated rings. The van der Waals surface area contributed by atoms with E-state index in [0.717, 1.165) is 36.4 Å². The molecule has 0 saturated carbocycles. The molecule has 1 heterocycles. The lowest BCUT2D eigenvalue weighted by atomic mass is 9.96. The summed E-state index contributed by atoms with van der Waals surface area (Å²) in [6.45, 7) is 1.04. The Morgan fingerprint density at radius 1 is 0.850 bits per heavy atom. The first-order chi connectivity index (χ1) is 18.8. The van der Waals surface area contributed by atoms with Crippen molar-refractivity contribution in [1.29, 1.82) is 0 Å². The fourth-order valence-electron chi connectivity index (χ4n) is 4.34. The van der Waals surface area contributed by atoms with E-state index in [1.807, 2.05) is 0 Å². The van der Waals surface area contributed by atoms with Crippen LogP contribution in [0.15, 0.2) is 48.5 Å². The summed E-state index contributed by atoms with van der Waals surface area (Å²) in [7, 11) is 0. The molecule has 0 aliphatic heterocycles. The Balaban J connectivity index is 1.84. The smallest absolute Gasteiger partial charge is 0.416 e. The Labute approximate surface area is 223 Å². The minimum absolute atomic E-state index is 0.0400. The third kappa shape index (κ3) is 6.43. The summed E-state index contributed by atoms with van der Waals surface area (Å²) in [4.78, 5) is 16.3. The van der Waals surface area contributed by atoms with Gasteiger partial charge in [0.05, 0.1) is 23.4 Å². The van der Waals surface area contributed by atoms with Gasteiger partial charge in [-0.05, 0) is 85.4 Å². The molecular weight excluding hydrogens is 550 g/mol. The average molecular weight is 571 g/mol. The predicted octanol–water partition coefficient (Wildman–Crippen LogP) is 8.25. The van der Waals surface area contributed by atoms with Gasteiger partial charge in [-0.25, -0.2) is 18.6 Å². The molecule has 0 amide bonds. The highest BCUT2D eigenvalue weighted by atomic mass is 19.4. The van der Waals surface area contributed by atoms with Crippen molar-refractivity contribution in [1.82, 2.24) is 4.98 Å². The number of hydrogen-bond donors (Lipinski definition) is 0. The minimum Gasteiger partial charge on any atom is -0.488 e. The van der Waals surface area contributed by atoms with Gasteiger partial charge in [0, 0.05) is 5.56 Å². The van der Waals surface area contributed by atoms with Crippen molar-refractivity contribution >= 4 is 17.1 Å². The summed E-state index contributed by atoms with van der Waals surface area (Å²) in [6.07, 6.45) is -8.84. The minimum atomic E-state index is -4.84. The molecule has 212 valence electrons. The zero-order chi connectivity index (χ0) is 29.2. The standard InChI is InChI=1S/C28H21F8NO3/c1-2-39-26(38)24-13-17(28(34,35)36)12-23(37-24)19-5-3-4-18(19)20-11-16(27(31,32)33)7-9-25(20)40-14-15-6-8-21(29)22(30)10-15/h6-13H,2-5,14H2,1H3. The largest absolute Gasteiger partial charge is 0.488 e. The number of carbonyl (C=O) groups excluding carboxylic acids is 1. The zero-order valence-electron chi connectivity index (χ0n) is 20.9. The third-order valence-electron chi connectivity index (χ3n) is 6.17. The second-order valence-electron chi connectivity index (χ2n) is 8.90. The number of carbonyl (C=O) groups is 1. The van der Waals surface area contributed by atoms with E-state index in [-0.39, 0.29) is 59.8 Å². The topological polar surface area (TPSA) is 48.4 Å². The number of allylic oxidation sites excluding steroid dienone is 2. The van der Waals surface area contributed by atoms with Crippen LogP contribution >= 0.6 is 0 Å². The highest BCUT2D eigenvalue weighted by Gasteiger charge is 2.35. The lowest BCUT2D eigenvalue weighted by Gasteiger charge is -2.18. The highest BCUT2D eigenvalue weighted by Crippen LogP contribution is 2.45. The number of nitrogens with zero attached hydrogens (tertiary/aromatic N) is 1. The number of alkyl halides is 6. The Bertz CT molecular complexity index is 1460. The maximum absolute atomic E-state index is 13.7. The van der Waals surface area contributed by atoms with E-state index >= 15 is 0 Å². The Hall–Kier alpha value is -3.96. The van der Waals surface area contributed by atoms with Crippen molar-refractivity contribution in [3.63, 3.8) is 0 Å². The van der Waals surface area contributed by atoms with Crippen LogP contribution in [0.3, 0.4) is 0 Å². The summed E-state index contributed by atoms with van der Waals surface area (Å²) in [5, 5.41) is 0. The number of benzene rings is 2. The molecule has 0 N–H and O–H groups in total. The number of hydrogen-bond acceptors (Lipinski definition) is 4. The number of aromatic nitrogens is 1. The monoisotopic (exact) mass is 571 g/mol. The molecule has 0 unspecified atom stereocenters. The van der Waals surface area contributed by atoms with Gasteiger partial charge in [-0.2, -0.15) is 26.3 Å². The van der Waals surface area contributed by atoms with Gasteiger partial charge in [0.2, 0.25) is 0 Å². The summed E-state index contributed by atoms with van der Waals surface area (Å²) in [6, 6.07) is 6.94. The van der Waals surface area contributed by atoms with Crippen LogP contribution in [0.2, 0.25) is 0 Å². The van der Waals surface area contributed by atoms with E-state index in [4.69, 9.17) is 9.47 Å². The normalized spacial score (nSPS) is 14.0. The van der Waals surface area contributed by atoms with Crippen LogP contribution in [0.25, 0.3) is 11.1 Å². The molecule has 1 aromatic heterocycles. The molecule has 0 saturated heterocycles. The molecule has 40 heavy (non-hydrogen) atoms. The van der Waals surface area contributed by atoms with Crippen LogP contribution in [-0.2, 0) is 23.7 Å². The molecule has 4 rings (SSSR count). The van der Waals surface area contributed by atoms with E-state index in [2.05, 4.69) is 4.98 Å². The lowest BCUT2D eigenvalue weighted by Crippen LogP contribution is -2.13. The number of halogens is 8. The molecular formula is C28H21F8NO3. The predicted molar refractivity (Wildman–Crippen MR) is 128 cm³/mol. The van der Waals surface area contributed by atoms with Gasteiger partial charge in [-0.15, -0.1) is 0 Å². The molecule has 1 aliphatic carbocycles. The number of rotatable bonds is 7. The molecule has 1 aliphatic rings. The summed E-state index contributed by atoms with van der Waals surface area (Å²) >= 11 is 0. The van der Waals surface area contributed by atoms with Crippen LogP contribution < -0.4 is 4.74 Å². The van der Waals surface area contributed by atoms with Crippen LogP contribution in [0.1, 0.15) is 64.6 Å². The number of ether oxygens (including phenoxy) is 2. The number of esters is 1. The van der Waals surface area contributed by atoms with Crippen molar-refractivity contribution in [2.45, 2.75) is 45.1 Å². The van der Waals surface area contributed by atoms with Crippen molar-refractivity contribution in [2.24, 2.45) is 0 Å². The Kier molecular flexibility index (Phi) is 8.18. The van der Waals surface area contributed by atoms with Crippen LogP contribution in [0.4, 0.5) is 35.1 Å². The van der Waals surface area contributed by atoms with E-state index in [9.17, 15) is 39.9 Å². The average Bonchev–Trinajstić information content (AvgIpc) is 3.38. The first-order valence-corrected chi connectivity index (χ1v) is 12.0. The fraction of sp³-hybridized carbons (Fsp3) is 0.286. The van der Waals surface area contributed by atoms with Gasteiger partial charge in [-0.3, -0.25) is 0 Å². The van der Waals surface area contributed by atoms with Gasteiger partial charge in [0.25, 0.3) is 0 Å². The molecule has 0 radical (unpaired) electrons. The van der Waals surface area contributed by atoms with E-state index in [1.165, 1.54) is 13.0 Å². The zero-order valence-corrected chi connectivity index (χ0v) is 20.9. The molecule has 0 spiro atoms. The molecule has 0 atom stereocenters. The van der Waals surface area contributed by atoms with E-state index in [1.54, 1.807) is 0 Å². The van der Waals surface area contributed by atoms with Crippen molar-refractivity contribution < 1.29 is 49.4 Å². The first-order valence-electron chi connectivity index (χ1n) is 12.0. The van der Waals surface area contributed by atoms with Gasteiger partial charge in [-0.1, -0.05) is 6.07 Å². The van der Waals surface area contributed by atoms with Gasteiger partial charge in [0.15, 0.2) is 11.6 Å². The van der Waals surface area contributed by atoms with E-state index in [0.29, 0.717) is 12.5 Å². The van der Waals surface area contributed by atoms with Crippen LogP contribution in [-0.4, -0.2) is 17.6 Å². The number of pyridine rings is 1. The van der Waals surface area contributed by atoms with Gasteiger partial charge < -0.3 is 9.47 Å². The second-order valence-corrected chi connectivity index (χ2v) is 8.90. The fourth-order valence-corrected chi connectivity index (χ4v) is 4.34. The highest BCUT2D eigenvalue weighted by molar-refractivity contribution is 5.95. The molecule has 0 bridgehead atoms. The maximum Gasteiger partial charge on any atom is 0.416 e. The first kappa shape index (κ1) is 29.0. The summed E-state index contributed by atoms with van der Waals surface area (Å²) in [5.41, 5.74) is -2.38. The van der Waals surface area contributed by atoms with Gasteiger partial charge in [0.1, 0.15) is 18.1 Å². The van der Waals surface area contributed by atoms with Crippen LogP contribution in [0.5, 0.6) is 5.75 Å². The summed E-state index contributed by atoms with van der Waals surface area (Å²) in [5.74, 6) is -3.35. The molecule has 4 nitrogen and oxygen atoms in total. The van der Waals surface area contributed by atoms with Gasteiger partial charge >= 0.3 is 18.3 Å². The van der Waals surface area contributed by atoms with Crippen molar-refractivity contribution in [2.75, 3.05) is 6.61 Å². The van der Waals surface area contributed by atoms with Crippen molar-refractivity contribution in [3.05, 3.63) is 93.8 Å².